The Morgan fingerprint density at radius 3 is 2.68 bits per heavy atom. The number of fused-ring (bicyclic) bond motifs is 1. The monoisotopic (exact) mass is 524 g/mol. The Bertz CT molecular complexity index is 1280. The second-order valence-corrected chi connectivity index (χ2v) is 9.27. The molecule has 1 saturated heterocycles. The SMILES string of the molecule is CCN(Cc1ccc(C(F)(F)F)cc1F)c1ncnc2c1ccn2CC1(O)CCN(CC(N)=O)CC1O. The number of rotatable bonds is 8. The van der Waals surface area contributed by atoms with Crippen molar-refractivity contribution in [3.05, 3.63) is 53.7 Å². The molecule has 3 heterocycles. The Balaban J connectivity index is 1.56. The highest BCUT2D eigenvalue weighted by atomic mass is 19.4. The maximum Gasteiger partial charge on any atom is 0.416 e. The number of amides is 1. The van der Waals surface area contributed by atoms with Crippen LogP contribution in [0, 0.1) is 5.82 Å². The molecule has 1 aromatic carbocycles. The third kappa shape index (κ3) is 5.68. The highest BCUT2D eigenvalue weighted by Crippen LogP contribution is 2.32. The van der Waals surface area contributed by atoms with Gasteiger partial charge in [0.1, 0.15) is 29.2 Å². The molecule has 37 heavy (non-hydrogen) atoms. The highest BCUT2D eigenvalue weighted by Gasteiger charge is 2.41. The van der Waals surface area contributed by atoms with Gasteiger partial charge in [-0.3, -0.25) is 9.69 Å². The van der Waals surface area contributed by atoms with E-state index in [1.807, 2.05) is 6.92 Å². The van der Waals surface area contributed by atoms with Crippen molar-refractivity contribution in [3.8, 4) is 0 Å². The van der Waals surface area contributed by atoms with Gasteiger partial charge < -0.3 is 25.4 Å². The topological polar surface area (TPSA) is 121 Å². The summed E-state index contributed by atoms with van der Waals surface area (Å²) in [4.78, 5) is 23.2. The number of hydrogen-bond donors (Lipinski definition) is 3. The first-order valence-electron chi connectivity index (χ1n) is 11.7. The van der Waals surface area contributed by atoms with Crippen LogP contribution >= 0.6 is 0 Å². The van der Waals surface area contributed by atoms with E-state index in [9.17, 15) is 32.6 Å². The summed E-state index contributed by atoms with van der Waals surface area (Å²) in [5.74, 6) is -1.03. The Morgan fingerprint density at radius 2 is 2.05 bits per heavy atom. The molecule has 2 aromatic heterocycles. The summed E-state index contributed by atoms with van der Waals surface area (Å²) in [5, 5.41) is 22.4. The summed E-state index contributed by atoms with van der Waals surface area (Å²) in [5.41, 5.74) is 3.25. The average Bonchev–Trinajstić information content (AvgIpc) is 3.23. The molecule has 1 fully saturated rings. The maximum absolute atomic E-state index is 14.5. The molecule has 2 atom stereocenters. The van der Waals surface area contributed by atoms with Gasteiger partial charge in [0, 0.05) is 37.9 Å². The van der Waals surface area contributed by atoms with Crippen LogP contribution in [0.25, 0.3) is 11.0 Å². The normalized spacial score (nSPS) is 20.9. The van der Waals surface area contributed by atoms with E-state index < -0.39 is 35.2 Å². The lowest BCUT2D eigenvalue weighted by Gasteiger charge is -2.42. The number of alkyl halides is 3. The van der Waals surface area contributed by atoms with Crippen LogP contribution in [0.15, 0.2) is 36.8 Å². The van der Waals surface area contributed by atoms with Gasteiger partial charge in [-0.1, -0.05) is 6.07 Å². The van der Waals surface area contributed by atoms with Gasteiger partial charge >= 0.3 is 6.18 Å². The molecule has 200 valence electrons. The predicted molar refractivity (Wildman–Crippen MR) is 127 cm³/mol. The van der Waals surface area contributed by atoms with E-state index in [4.69, 9.17) is 5.73 Å². The molecule has 0 aliphatic carbocycles. The number of carbonyl (C=O) groups is 1. The number of carbonyl (C=O) groups excluding carboxylic acids is 1. The molecule has 0 radical (unpaired) electrons. The lowest BCUT2D eigenvalue weighted by atomic mass is 9.88. The van der Waals surface area contributed by atoms with E-state index in [2.05, 4.69) is 9.97 Å². The van der Waals surface area contributed by atoms with Crippen molar-refractivity contribution in [2.45, 2.75) is 44.3 Å². The smallest absolute Gasteiger partial charge is 0.389 e. The number of nitrogens with zero attached hydrogens (tertiary/aromatic N) is 5. The largest absolute Gasteiger partial charge is 0.416 e. The van der Waals surface area contributed by atoms with Gasteiger partial charge in [0.25, 0.3) is 0 Å². The fourth-order valence-electron chi connectivity index (χ4n) is 4.63. The number of likely N-dealkylation sites (tertiary alicyclic amines) is 1. The molecule has 4 N–H and O–H groups in total. The zero-order valence-corrected chi connectivity index (χ0v) is 20.1. The van der Waals surface area contributed by atoms with Crippen LogP contribution in [0.2, 0.25) is 0 Å². The van der Waals surface area contributed by atoms with Crippen molar-refractivity contribution in [1.82, 2.24) is 19.4 Å². The number of β-amino-alcohol motifs (C(OH)–C–C–N with tert-alkyl or cyclic N) is 1. The van der Waals surface area contributed by atoms with Gasteiger partial charge in [-0.25, -0.2) is 14.4 Å². The standard InChI is InChI=1S/C24H28F4N6O3/c1-2-33(10-15-3-4-16(9-18(15)25)24(26,27)28)21-17-5-7-34(22(17)31-14-30-21)13-23(37)6-8-32(11-19(23)35)12-20(29)36/h3-5,7,9,14,19,35,37H,2,6,8,10-13H2,1H3,(H2,29,36). The van der Waals surface area contributed by atoms with Crippen molar-refractivity contribution in [1.29, 1.82) is 0 Å². The van der Waals surface area contributed by atoms with Crippen LogP contribution in [-0.4, -0.2) is 73.4 Å². The quantitative estimate of drug-likeness (QED) is 0.385. The third-order valence-corrected chi connectivity index (χ3v) is 6.69. The number of primary amides is 1. The van der Waals surface area contributed by atoms with Crippen LogP contribution in [0.3, 0.4) is 0 Å². The van der Waals surface area contributed by atoms with E-state index >= 15 is 0 Å². The second kappa shape index (κ2) is 10.2. The number of nitrogens with two attached hydrogens (primary N) is 1. The van der Waals surface area contributed by atoms with Gasteiger partial charge in [-0.05, 0) is 31.5 Å². The fraction of sp³-hybridized carbons (Fsp3) is 0.458. The molecule has 9 nitrogen and oxygen atoms in total. The number of aromatic nitrogens is 3. The first-order valence-corrected chi connectivity index (χ1v) is 11.7. The molecule has 13 heteroatoms. The lowest BCUT2D eigenvalue weighted by Crippen LogP contribution is -2.58. The van der Waals surface area contributed by atoms with E-state index in [1.165, 1.54) is 6.33 Å². The van der Waals surface area contributed by atoms with Crippen LogP contribution in [0.1, 0.15) is 24.5 Å². The summed E-state index contributed by atoms with van der Waals surface area (Å²) < 4.78 is 54.9. The molecule has 1 aliphatic rings. The van der Waals surface area contributed by atoms with Crippen LogP contribution in [0.4, 0.5) is 23.4 Å². The van der Waals surface area contributed by atoms with Crippen molar-refractivity contribution in [2.75, 3.05) is 31.1 Å². The molecule has 3 aromatic rings. The summed E-state index contributed by atoms with van der Waals surface area (Å²) in [6.07, 6.45) is -2.56. The summed E-state index contributed by atoms with van der Waals surface area (Å²) >= 11 is 0. The molecule has 0 spiro atoms. The highest BCUT2D eigenvalue weighted by molar-refractivity contribution is 5.87. The number of benzene rings is 1. The van der Waals surface area contributed by atoms with Gasteiger partial charge in [-0.2, -0.15) is 13.2 Å². The lowest BCUT2D eigenvalue weighted by molar-refractivity contribution is -0.137. The van der Waals surface area contributed by atoms with Crippen LogP contribution in [-0.2, 0) is 24.1 Å². The first-order chi connectivity index (χ1) is 17.4. The van der Waals surface area contributed by atoms with E-state index in [0.29, 0.717) is 36.0 Å². The molecule has 2 unspecified atom stereocenters. The molecular weight excluding hydrogens is 496 g/mol. The van der Waals surface area contributed by atoms with Gasteiger partial charge in [0.05, 0.1) is 30.1 Å². The van der Waals surface area contributed by atoms with Crippen molar-refractivity contribution in [3.63, 3.8) is 0 Å². The zero-order chi connectivity index (χ0) is 27.0. The zero-order valence-electron chi connectivity index (χ0n) is 20.1. The van der Waals surface area contributed by atoms with Crippen molar-refractivity contribution >= 4 is 22.8 Å². The molecule has 0 bridgehead atoms. The number of halogens is 4. The summed E-state index contributed by atoms with van der Waals surface area (Å²) in [6, 6.07) is 4.18. The number of aliphatic hydroxyl groups is 2. The molecular formula is C24H28F4N6O3. The number of aliphatic hydroxyl groups excluding tert-OH is 1. The number of hydrogen-bond acceptors (Lipinski definition) is 7. The molecule has 4 rings (SSSR count). The van der Waals surface area contributed by atoms with Gasteiger partial charge in [0.15, 0.2) is 0 Å². The summed E-state index contributed by atoms with van der Waals surface area (Å²) in [7, 11) is 0. The van der Waals surface area contributed by atoms with E-state index in [0.717, 1.165) is 12.1 Å². The average molecular weight is 525 g/mol. The Labute approximate surface area is 210 Å². The van der Waals surface area contributed by atoms with E-state index in [1.54, 1.807) is 26.6 Å². The first kappa shape index (κ1) is 26.8. The Hall–Kier alpha value is -3.29. The predicted octanol–water partition coefficient (Wildman–Crippen LogP) is 1.90. The third-order valence-electron chi connectivity index (χ3n) is 6.69. The maximum atomic E-state index is 14.5. The van der Waals surface area contributed by atoms with Crippen molar-refractivity contribution < 1.29 is 32.6 Å². The summed E-state index contributed by atoms with van der Waals surface area (Å²) in [6.45, 7) is 2.65. The number of anilines is 1. The Kier molecular flexibility index (Phi) is 7.40. The van der Waals surface area contributed by atoms with Crippen LogP contribution in [0.5, 0.6) is 0 Å². The molecule has 1 aliphatic heterocycles. The minimum absolute atomic E-state index is 0.0114. The minimum atomic E-state index is -4.64. The van der Waals surface area contributed by atoms with Crippen molar-refractivity contribution in [2.24, 2.45) is 5.73 Å². The number of piperidine rings is 1. The van der Waals surface area contributed by atoms with Gasteiger partial charge in [0.2, 0.25) is 5.91 Å². The Morgan fingerprint density at radius 1 is 1.30 bits per heavy atom. The molecule has 1 amide bonds. The minimum Gasteiger partial charge on any atom is -0.389 e. The molecule has 0 saturated carbocycles. The van der Waals surface area contributed by atoms with E-state index in [-0.39, 0.29) is 38.2 Å². The van der Waals surface area contributed by atoms with Gasteiger partial charge in [-0.15, -0.1) is 0 Å². The second-order valence-electron chi connectivity index (χ2n) is 9.27. The van der Waals surface area contributed by atoms with Crippen LogP contribution < -0.4 is 10.6 Å². The fourth-order valence-corrected chi connectivity index (χ4v) is 4.63.